The second kappa shape index (κ2) is 7.15. The number of carbonyl (C=O) groups is 1. The number of rotatable bonds is 5. The summed E-state index contributed by atoms with van der Waals surface area (Å²) in [5.41, 5.74) is 2.73. The zero-order valence-electron chi connectivity index (χ0n) is 13.0. The minimum absolute atomic E-state index is 0.0564. The SMILES string of the molecule is Cc1cc(C)cc(NC(=O)CCS(=O)(=O)c2ccccc2Cl)c1. The van der Waals surface area contributed by atoms with E-state index in [4.69, 9.17) is 11.6 Å². The second-order valence-corrected chi connectivity index (χ2v) is 7.91. The van der Waals surface area contributed by atoms with Crippen molar-refractivity contribution in [3.05, 3.63) is 58.6 Å². The Hall–Kier alpha value is -1.85. The molecule has 0 bridgehead atoms. The summed E-state index contributed by atoms with van der Waals surface area (Å²) < 4.78 is 24.5. The summed E-state index contributed by atoms with van der Waals surface area (Å²) in [5.74, 6) is -0.626. The highest BCUT2D eigenvalue weighted by Gasteiger charge is 2.19. The van der Waals surface area contributed by atoms with Crippen LogP contribution in [0.2, 0.25) is 5.02 Å². The number of nitrogens with one attached hydrogen (secondary N) is 1. The lowest BCUT2D eigenvalue weighted by Crippen LogP contribution is -2.17. The van der Waals surface area contributed by atoms with E-state index in [1.807, 2.05) is 32.0 Å². The number of hydrogen-bond acceptors (Lipinski definition) is 3. The lowest BCUT2D eigenvalue weighted by Gasteiger charge is -2.09. The summed E-state index contributed by atoms with van der Waals surface area (Å²) in [6, 6.07) is 11.9. The Bertz CT molecular complexity index is 811. The first-order chi connectivity index (χ1) is 10.8. The molecule has 0 fully saturated rings. The number of hydrogen-bond donors (Lipinski definition) is 1. The molecule has 2 aromatic rings. The highest BCUT2D eigenvalue weighted by Crippen LogP contribution is 2.22. The Morgan fingerprint density at radius 3 is 2.30 bits per heavy atom. The van der Waals surface area contributed by atoms with Crippen molar-refractivity contribution in [1.82, 2.24) is 0 Å². The van der Waals surface area contributed by atoms with Crippen LogP contribution < -0.4 is 5.32 Å². The molecule has 6 heteroatoms. The minimum Gasteiger partial charge on any atom is -0.326 e. The molecule has 0 aliphatic rings. The average Bonchev–Trinajstić information content (AvgIpc) is 2.44. The van der Waals surface area contributed by atoms with Gasteiger partial charge in [-0.15, -0.1) is 0 Å². The molecule has 0 heterocycles. The molecule has 0 radical (unpaired) electrons. The van der Waals surface area contributed by atoms with Crippen molar-refractivity contribution >= 4 is 33.0 Å². The van der Waals surface area contributed by atoms with E-state index >= 15 is 0 Å². The van der Waals surface area contributed by atoms with E-state index in [1.54, 1.807) is 12.1 Å². The van der Waals surface area contributed by atoms with Crippen LogP contribution in [0, 0.1) is 13.8 Å². The largest absolute Gasteiger partial charge is 0.326 e. The molecule has 122 valence electrons. The van der Waals surface area contributed by atoms with E-state index in [1.165, 1.54) is 12.1 Å². The highest BCUT2D eigenvalue weighted by atomic mass is 35.5. The Morgan fingerprint density at radius 2 is 1.70 bits per heavy atom. The van der Waals surface area contributed by atoms with Crippen LogP contribution in [-0.2, 0) is 14.6 Å². The van der Waals surface area contributed by atoms with Gasteiger partial charge in [0.25, 0.3) is 0 Å². The molecule has 0 saturated heterocycles. The van der Waals surface area contributed by atoms with Gasteiger partial charge in [0.05, 0.1) is 15.7 Å². The molecule has 0 atom stereocenters. The Kier molecular flexibility index (Phi) is 5.44. The first-order valence-corrected chi connectivity index (χ1v) is 9.16. The van der Waals surface area contributed by atoms with E-state index in [0.29, 0.717) is 5.69 Å². The van der Waals surface area contributed by atoms with Gasteiger partial charge >= 0.3 is 0 Å². The number of anilines is 1. The van der Waals surface area contributed by atoms with Gasteiger partial charge in [0.2, 0.25) is 5.91 Å². The third kappa shape index (κ3) is 4.81. The standard InChI is InChI=1S/C17H18ClNO3S/c1-12-9-13(2)11-14(10-12)19-17(20)7-8-23(21,22)16-6-4-3-5-15(16)18/h3-6,9-11H,7-8H2,1-2H3,(H,19,20). The number of amides is 1. The summed E-state index contributed by atoms with van der Waals surface area (Å²) >= 11 is 5.91. The maximum absolute atomic E-state index is 12.3. The molecule has 0 spiro atoms. The van der Waals surface area contributed by atoms with E-state index < -0.39 is 9.84 Å². The van der Waals surface area contributed by atoms with Gasteiger partial charge in [0.15, 0.2) is 9.84 Å². The fourth-order valence-corrected chi connectivity index (χ4v) is 4.12. The van der Waals surface area contributed by atoms with Crippen LogP contribution in [0.3, 0.4) is 0 Å². The fraction of sp³-hybridized carbons (Fsp3) is 0.235. The number of halogens is 1. The van der Waals surface area contributed by atoms with E-state index in [0.717, 1.165) is 11.1 Å². The first-order valence-electron chi connectivity index (χ1n) is 7.13. The minimum atomic E-state index is -3.59. The maximum Gasteiger partial charge on any atom is 0.225 e. The summed E-state index contributed by atoms with van der Waals surface area (Å²) in [4.78, 5) is 12.0. The topological polar surface area (TPSA) is 63.2 Å². The van der Waals surface area contributed by atoms with Crippen LogP contribution in [0.5, 0.6) is 0 Å². The Labute approximate surface area is 141 Å². The molecule has 1 N–H and O–H groups in total. The van der Waals surface area contributed by atoms with Gasteiger partial charge in [-0.1, -0.05) is 29.8 Å². The van der Waals surface area contributed by atoms with Crippen LogP contribution in [0.4, 0.5) is 5.69 Å². The maximum atomic E-state index is 12.3. The summed E-state index contributed by atoms with van der Waals surface area (Å²) in [6.07, 6.45) is -0.124. The monoisotopic (exact) mass is 351 g/mol. The summed E-state index contributed by atoms with van der Waals surface area (Å²) in [7, 11) is -3.59. The van der Waals surface area contributed by atoms with Gasteiger partial charge in [-0.3, -0.25) is 4.79 Å². The zero-order chi connectivity index (χ0) is 17.0. The zero-order valence-corrected chi connectivity index (χ0v) is 14.5. The number of benzene rings is 2. The van der Waals surface area contributed by atoms with Crippen LogP contribution in [0.15, 0.2) is 47.4 Å². The van der Waals surface area contributed by atoms with Crippen molar-refractivity contribution in [3.8, 4) is 0 Å². The van der Waals surface area contributed by atoms with Gasteiger partial charge in [-0.2, -0.15) is 0 Å². The molecule has 0 aliphatic heterocycles. The van der Waals surface area contributed by atoms with Crippen LogP contribution in [0.25, 0.3) is 0 Å². The van der Waals surface area contributed by atoms with Crippen molar-refractivity contribution in [3.63, 3.8) is 0 Å². The molecule has 0 unspecified atom stereocenters. The quantitative estimate of drug-likeness (QED) is 0.892. The molecule has 2 aromatic carbocycles. The highest BCUT2D eigenvalue weighted by molar-refractivity contribution is 7.91. The molecule has 1 amide bonds. The van der Waals surface area contributed by atoms with Gasteiger partial charge in [0.1, 0.15) is 0 Å². The van der Waals surface area contributed by atoms with Crippen molar-refractivity contribution in [2.75, 3.05) is 11.1 Å². The van der Waals surface area contributed by atoms with Crippen LogP contribution >= 0.6 is 11.6 Å². The normalized spacial score (nSPS) is 11.3. The number of sulfone groups is 1. The fourth-order valence-electron chi connectivity index (χ4n) is 2.30. The Morgan fingerprint density at radius 1 is 1.09 bits per heavy atom. The van der Waals surface area contributed by atoms with Gasteiger partial charge in [-0.25, -0.2) is 8.42 Å². The molecule has 0 saturated carbocycles. The molecule has 0 aromatic heterocycles. The molecule has 4 nitrogen and oxygen atoms in total. The molecular weight excluding hydrogens is 334 g/mol. The van der Waals surface area contributed by atoms with Crippen molar-refractivity contribution < 1.29 is 13.2 Å². The van der Waals surface area contributed by atoms with E-state index in [-0.39, 0.29) is 28.0 Å². The molecular formula is C17H18ClNO3S. The average molecular weight is 352 g/mol. The lowest BCUT2D eigenvalue weighted by atomic mass is 10.1. The van der Waals surface area contributed by atoms with E-state index in [9.17, 15) is 13.2 Å². The van der Waals surface area contributed by atoms with Gasteiger partial charge in [-0.05, 0) is 49.2 Å². The van der Waals surface area contributed by atoms with Crippen LogP contribution in [-0.4, -0.2) is 20.1 Å². The predicted octanol–water partition coefficient (Wildman–Crippen LogP) is 3.76. The third-order valence-corrected chi connectivity index (χ3v) is 5.48. The second-order valence-electron chi connectivity index (χ2n) is 5.42. The lowest BCUT2D eigenvalue weighted by molar-refractivity contribution is -0.115. The van der Waals surface area contributed by atoms with Crippen molar-refractivity contribution in [1.29, 1.82) is 0 Å². The first kappa shape index (κ1) is 17.5. The predicted molar refractivity (Wildman–Crippen MR) is 92.7 cm³/mol. The molecule has 0 aliphatic carbocycles. The van der Waals surface area contributed by atoms with Crippen molar-refractivity contribution in [2.24, 2.45) is 0 Å². The number of carbonyl (C=O) groups excluding carboxylic acids is 1. The molecule has 23 heavy (non-hydrogen) atoms. The van der Waals surface area contributed by atoms with E-state index in [2.05, 4.69) is 5.32 Å². The summed E-state index contributed by atoms with van der Waals surface area (Å²) in [5, 5.41) is 2.89. The molecule has 2 rings (SSSR count). The summed E-state index contributed by atoms with van der Waals surface area (Å²) in [6.45, 7) is 3.87. The van der Waals surface area contributed by atoms with Gasteiger partial charge < -0.3 is 5.32 Å². The van der Waals surface area contributed by atoms with Crippen LogP contribution in [0.1, 0.15) is 17.5 Å². The smallest absolute Gasteiger partial charge is 0.225 e. The Balaban J connectivity index is 2.03. The third-order valence-electron chi connectivity index (χ3n) is 3.28. The van der Waals surface area contributed by atoms with Crippen molar-refractivity contribution in [2.45, 2.75) is 25.2 Å². The van der Waals surface area contributed by atoms with Gasteiger partial charge in [0, 0.05) is 12.1 Å². The number of aryl methyl sites for hydroxylation is 2.